The first kappa shape index (κ1) is 46.7. The molecule has 1 rings (SSSR count). The molecule has 1 aromatic carbocycles. The third-order valence-electron chi connectivity index (χ3n) is 9.67. The average molecular weight is 715 g/mol. The molecule has 6 heteroatoms. The first-order valence-corrected chi connectivity index (χ1v) is 21.3. The van der Waals surface area contributed by atoms with Gasteiger partial charge in [0.2, 0.25) is 0 Å². The molecule has 0 N–H and O–H groups in total. The highest BCUT2D eigenvalue weighted by molar-refractivity contribution is 6.05. The molecule has 0 atom stereocenters. The lowest BCUT2D eigenvalue weighted by molar-refractivity contribution is 0.0447. The van der Waals surface area contributed by atoms with Crippen molar-refractivity contribution < 1.29 is 28.6 Å². The zero-order chi connectivity index (χ0) is 37.5. The number of carbonyl (C=O) groups is 3. The first-order chi connectivity index (χ1) is 24.6. The predicted molar refractivity (Wildman–Crippen MR) is 213 cm³/mol. The summed E-state index contributed by atoms with van der Waals surface area (Å²) < 4.78 is 16.7. The molecular formula is C45H78O6. The molecule has 0 fully saturated rings. The molecule has 6 nitrogen and oxygen atoms in total. The van der Waals surface area contributed by atoms with Crippen molar-refractivity contribution >= 4 is 17.9 Å². The maximum Gasteiger partial charge on any atom is 0.339 e. The van der Waals surface area contributed by atoms with E-state index in [4.69, 9.17) is 14.2 Å². The molecule has 1 aromatic rings. The quantitative estimate of drug-likeness (QED) is 0.0410. The standard InChI is InChI=1S/C45H78O6/c1-37(2)28-22-16-10-7-13-19-25-33-49-43(46)40-31-32-41(44(47)50-34-26-20-14-8-11-17-23-29-38(3)4)42(36-40)45(48)51-35-27-21-15-9-12-18-24-30-39(5)6/h31-32,36-39H,7-30,33-35H2,1-6H3. The lowest BCUT2D eigenvalue weighted by Gasteiger charge is -2.12. The lowest BCUT2D eigenvalue weighted by Crippen LogP contribution is -2.17. The van der Waals surface area contributed by atoms with Crippen LogP contribution in [0.3, 0.4) is 0 Å². The zero-order valence-corrected chi connectivity index (χ0v) is 34.0. The van der Waals surface area contributed by atoms with Gasteiger partial charge in [0, 0.05) is 0 Å². The van der Waals surface area contributed by atoms with Gasteiger partial charge in [-0.25, -0.2) is 14.4 Å². The molecule has 0 aliphatic rings. The molecule has 0 bridgehead atoms. The average Bonchev–Trinajstić information content (AvgIpc) is 3.09. The van der Waals surface area contributed by atoms with E-state index in [0.717, 1.165) is 75.5 Å². The fraction of sp³-hybridized carbons (Fsp3) is 0.800. The number of rotatable bonds is 33. The summed E-state index contributed by atoms with van der Waals surface area (Å²) in [6.45, 7) is 14.6. The molecule has 0 spiro atoms. The van der Waals surface area contributed by atoms with Crippen LogP contribution in [-0.4, -0.2) is 37.7 Å². The Kier molecular flexibility index (Phi) is 28.5. The summed E-state index contributed by atoms with van der Waals surface area (Å²) in [6, 6.07) is 4.49. The predicted octanol–water partition coefficient (Wildman–Crippen LogP) is 13.5. The van der Waals surface area contributed by atoms with Crippen molar-refractivity contribution in [2.24, 2.45) is 17.8 Å². The van der Waals surface area contributed by atoms with Crippen molar-refractivity contribution in [3.05, 3.63) is 34.9 Å². The fourth-order valence-corrected chi connectivity index (χ4v) is 6.37. The van der Waals surface area contributed by atoms with Crippen LogP contribution in [0.15, 0.2) is 18.2 Å². The van der Waals surface area contributed by atoms with E-state index in [9.17, 15) is 14.4 Å². The summed E-state index contributed by atoms with van der Waals surface area (Å²) in [5, 5.41) is 0. The van der Waals surface area contributed by atoms with Gasteiger partial charge < -0.3 is 14.2 Å². The SMILES string of the molecule is CC(C)CCCCCCCCCOC(=O)c1ccc(C(=O)OCCCCCCCCCC(C)C)c(C(=O)OCCCCCCCCCC(C)C)c1. The highest BCUT2D eigenvalue weighted by atomic mass is 16.5. The summed E-state index contributed by atoms with van der Waals surface area (Å²) in [6.07, 6.45) is 27.8. The van der Waals surface area contributed by atoms with Crippen LogP contribution in [0.4, 0.5) is 0 Å². The Bertz CT molecular complexity index is 1030. The van der Waals surface area contributed by atoms with E-state index in [1.165, 1.54) is 108 Å². The van der Waals surface area contributed by atoms with Gasteiger partial charge in [0.1, 0.15) is 0 Å². The second-order valence-corrected chi connectivity index (χ2v) is 16.1. The van der Waals surface area contributed by atoms with Crippen LogP contribution in [0.2, 0.25) is 0 Å². The molecular weight excluding hydrogens is 636 g/mol. The number of esters is 3. The maximum atomic E-state index is 13.2. The number of benzene rings is 1. The molecule has 0 saturated carbocycles. The highest BCUT2D eigenvalue weighted by Crippen LogP contribution is 2.19. The van der Waals surface area contributed by atoms with E-state index in [0.29, 0.717) is 13.2 Å². The molecule has 294 valence electrons. The van der Waals surface area contributed by atoms with Gasteiger partial charge in [-0.3, -0.25) is 0 Å². The van der Waals surface area contributed by atoms with Crippen LogP contribution in [0.5, 0.6) is 0 Å². The third-order valence-corrected chi connectivity index (χ3v) is 9.67. The molecule has 51 heavy (non-hydrogen) atoms. The van der Waals surface area contributed by atoms with E-state index >= 15 is 0 Å². The molecule has 0 aliphatic carbocycles. The van der Waals surface area contributed by atoms with Crippen molar-refractivity contribution in [1.29, 1.82) is 0 Å². The van der Waals surface area contributed by atoms with Crippen molar-refractivity contribution in [2.75, 3.05) is 19.8 Å². The lowest BCUT2D eigenvalue weighted by atomic mass is 10.0. The first-order valence-electron chi connectivity index (χ1n) is 21.3. The molecule has 0 aromatic heterocycles. The summed E-state index contributed by atoms with van der Waals surface area (Å²) in [4.78, 5) is 39.3. The fourth-order valence-electron chi connectivity index (χ4n) is 6.37. The van der Waals surface area contributed by atoms with E-state index < -0.39 is 17.9 Å². The van der Waals surface area contributed by atoms with Gasteiger partial charge >= 0.3 is 17.9 Å². The van der Waals surface area contributed by atoms with E-state index in [1.54, 1.807) is 6.07 Å². The zero-order valence-electron chi connectivity index (χ0n) is 34.0. The number of carbonyl (C=O) groups excluding carboxylic acids is 3. The van der Waals surface area contributed by atoms with Crippen LogP contribution in [0, 0.1) is 17.8 Å². The minimum absolute atomic E-state index is 0.0680. The van der Waals surface area contributed by atoms with Crippen LogP contribution < -0.4 is 0 Å². The molecule has 0 radical (unpaired) electrons. The number of ether oxygens (including phenoxy) is 3. The number of hydrogen-bond acceptors (Lipinski definition) is 6. The second-order valence-electron chi connectivity index (χ2n) is 16.1. The summed E-state index contributed by atoms with van der Waals surface area (Å²) in [5.74, 6) is 0.670. The van der Waals surface area contributed by atoms with E-state index in [-0.39, 0.29) is 23.3 Å². The summed E-state index contributed by atoms with van der Waals surface area (Å²) in [7, 11) is 0. The van der Waals surface area contributed by atoms with Crippen LogP contribution in [0.1, 0.15) is 227 Å². The van der Waals surface area contributed by atoms with Crippen LogP contribution in [-0.2, 0) is 14.2 Å². The van der Waals surface area contributed by atoms with Gasteiger partial charge in [-0.15, -0.1) is 0 Å². The van der Waals surface area contributed by atoms with Crippen molar-refractivity contribution in [2.45, 2.75) is 196 Å². The van der Waals surface area contributed by atoms with Gasteiger partial charge in [0.15, 0.2) is 0 Å². The Hall–Kier alpha value is -2.37. The van der Waals surface area contributed by atoms with Crippen molar-refractivity contribution in [1.82, 2.24) is 0 Å². The van der Waals surface area contributed by atoms with Gasteiger partial charge in [-0.2, -0.15) is 0 Å². The van der Waals surface area contributed by atoms with Gasteiger partial charge in [0.25, 0.3) is 0 Å². The number of unbranched alkanes of at least 4 members (excludes halogenated alkanes) is 18. The Balaban J connectivity index is 2.59. The third kappa shape index (κ3) is 26.1. The molecule has 0 saturated heterocycles. The monoisotopic (exact) mass is 715 g/mol. The molecule has 0 heterocycles. The number of hydrogen-bond donors (Lipinski definition) is 0. The Morgan fingerprint density at radius 3 is 1.04 bits per heavy atom. The maximum absolute atomic E-state index is 13.2. The van der Waals surface area contributed by atoms with Crippen molar-refractivity contribution in [3.63, 3.8) is 0 Å². The van der Waals surface area contributed by atoms with Gasteiger partial charge in [-0.05, 0) is 55.2 Å². The van der Waals surface area contributed by atoms with E-state index in [1.807, 2.05) is 0 Å². The topological polar surface area (TPSA) is 78.9 Å². The van der Waals surface area contributed by atoms with Gasteiger partial charge in [-0.1, -0.05) is 176 Å². The summed E-state index contributed by atoms with van der Waals surface area (Å²) in [5.41, 5.74) is 0.449. The van der Waals surface area contributed by atoms with Crippen molar-refractivity contribution in [3.8, 4) is 0 Å². The molecule has 0 amide bonds. The highest BCUT2D eigenvalue weighted by Gasteiger charge is 2.22. The van der Waals surface area contributed by atoms with Gasteiger partial charge in [0.05, 0.1) is 36.5 Å². The van der Waals surface area contributed by atoms with Crippen LogP contribution in [0.25, 0.3) is 0 Å². The minimum Gasteiger partial charge on any atom is -0.462 e. The Morgan fingerprint density at radius 1 is 0.392 bits per heavy atom. The molecule has 0 aliphatic heterocycles. The minimum atomic E-state index is -0.601. The van der Waals surface area contributed by atoms with Crippen LogP contribution >= 0.6 is 0 Å². The molecule has 0 unspecified atom stereocenters. The normalized spacial score (nSPS) is 11.5. The largest absolute Gasteiger partial charge is 0.462 e. The summed E-state index contributed by atoms with van der Waals surface area (Å²) >= 11 is 0. The Morgan fingerprint density at radius 2 is 0.686 bits per heavy atom. The van der Waals surface area contributed by atoms with E-state index in [2.05, 4.69) is 41.5 Å². The Labute approximate surface area is 313 Å². The second kappa shape index (κ2) is 31.2. The smallest absolute Gasteiger partial charge is 0.339 e.